The summed E-state index contributed by atoms with van der Waals surface area (Å²) in [6, 6.07) is 8.06. The average Bonchev–Trinajstić information content (AvgIpc) is 3.27. The van der Waals surface area contributed by atoms with Crippen LogP contribution in [0.25, 0.3) is 11.1 Å². The third-order valence-electron chi connectivity index (χ3n) is 5.95. The molecule has 2 amide bonds. The molecule has 4 rings (SSSR count). The topological polar surface area (TPSA) is 99.7 Å². The summed E-state index contributed by atoms with van der Waals surface area (Å²) >= 11 is 0. The average molecular weight is 520 g/mol. The normalized spacial score (nSPS) is 14.5. The van der Waals surface area contributed by atoms with E-state index in [1.165, 1.54) is 6.07 Å². The smallest absolute Gasteiger partial charge is 0.489 e. The van der Waals surface area contributed by atoms with Crippen molar-refractivity contribution in [2.45, 2.75) is 31.7 Å². The van der Waals surface area contributed by atoms with Crippen molar-refractivity contribution in [1.82, 2.24) is 14.7 Å². The molecule has 37 heavy (non-hydrogen) atoms. The first-order valence-electron chi connectivity index (χ1n) is 11.4. The Hall–Kier alpha value is -4.09. The van der Waals surface area contributed by atoms with Crippen molar-refractivity contribution < 1.29 is 36.6 Å². The van der Waals surface area contributed by atoms with Crippen LogP contribution in [0, 0.1) is 5.82 Å². The lowest BCUT2D eigenvalue weighted by Crippen LogP contribution is -2.42. The van der Waals surface area contributed by atoms with Crippen LogP contribution in [0.15, 0.2) is 48.8 Å². The molecule has 3 aromatic rings. The van der Waals surface area contributed by atoms with Crippen LogP contribution in [-0.2, 0) is 18.3 Å². The van der Waals surface area contributed by atoms with Gasteiger partial charge in [0, 0.05) is 44.7 Å². The zero-order valence-electron chi connectivity index (χ0n) is 19.8. The monoisotopic (exact) mass is 520 g/mol. The van der Waals surface area contributed by atoms with E-state index < -0.39 is 23.8 Å². The molecule has 2 heterocycles. The highest BCUT2D eigenvalue weighted by Crippen LogP contribution is 2.29. The molecule has 1 aliphatic heterocycles. The van der Waals surface area contributed by atoms with Crippen LogP contribution in [0.1, 0.15) is 28.8 Å². The molecular formula is C25H24F4N4O4. The van der Waals surface area contributed by atoms with E-state index >= 15 is 0 Å². The van der Waals surface area contributed by atoms with Gasteiger partial charge in [-0.2, -0.15) is 5.10 Å². The minimum absolute atomic E-state index is 0.170. The van der Waals surface area contributed by atoms with Crippen LogP contribution < -0.4 is 15.2 Å². The molecule has 8 nitrogen and oxygen atoms in total. The quantitative estimate of drug-likeness (QED) is 0.478. The second-order valence-electron chi connectivity index (χ2n) is 8.67. The van der Waals surface area contributed by atoms with E-state index in [2.05, 4.69) is 9.84 Å². The number of alkyl halides is 3. The number of hydrogen-bond acceptors (Lipinski definition) is 5. The molecule has 0 spiro atoms. The van der Waals surface area contributed by atoms with E-state index in [9.17, 15) is 27.2 Å². The van der Waals surface area contributed by atoms with E-state index in [1.54, 1.807) is 35.0 Å². The summed E-state index contributed by atoms with van der Waals surface area (Å²) < 4.78 is 62.2. The third-order valence-corrected chi connectivity index (χ3v) is 5.95. The van der Waals surface area contributed by atoms with E-state index in [4.69, 9.17) is 10.5 Å². The van der Waals surface area contributed by atoms with Crippen molar-refractivity contribution in [3.05, 3.63) is 65.7 Å². The first kappa shape index (κ1) is 26.0. The Morgan fingerprint density at radius 3 is 2.38 bits per heavy atom. The fraction of sp³-hybridized carbons (Fsp3) is 0.320. The summed E-state index contributed by atoms with van der Waals surface area (Å²) in [7, 11) is 1.79. The van der Waals surface area contributed by atoms with Crippen molar-refractivity contribution in [3.8, 4) is 22.6 Å². The first-order valence-corrected chi connectivity index (χ1v) is 11.4. The van der Waals surface area contributed by atoms with Gasteiger partial charge in [-0.3, -0.25) is 14.3 Å². The number of benzene rings is 2. The number of piperidine rings is 1. The van der Waals surface area contributed by atoms with Gasteiger partial charge in [-0.05, 0) is 35.4 Å². The zero-order chi connectivity index (χ0) is 26.7. The Morgan fingerprint density at radius 1 is 1.08 bits per heavy atom. The Morgan fingerprint density at radius 2 is 1.78 bits per heavy atom. The zero-order valence-corrected chi connectivity index (χ0v) is 19.8. The van der Waals surface area contributed by atoms with Crippen molar-refractivity contribution in [2.24, 2.45) is 12.8 Å². The number of rotatable bonds is 7. The van der Waals surface area contributed by atoms with Gasteiger partial charge in [0.05, 0.1) is 18.2 Å². The summed E-state index contributed by atoms with van der Waals surface area (Å²) in [4.78, 5) is 26.3. The SMILES string of the molecule is Cn1cc(-c2ccc(OC3CCN(C(=O)Cc4ccc(OC(F)(F)F)c(F)c4)CC3)c(C(N)=O)c2)cn1. The number of hydrogen-bond donors (Lipinski definition) is 1. The molecular weight excluding hydrogens is 496 g/mol. The molecule has 0 radical (unpaired) electrons. The van der Waals surface area contributed by atoms with Gasteiger partial charge in [0.15, 0.2) is 11.6 Å². The summed E-state index contributed by atoms with van der Waals surface area (Å²) in [6.45, 7) is 0.724. The van der Waals surface area contributed by atoms with Crippen molar-refractivity contribution in [1.29, 1.82) is 0 Å². The highest BCUT2D eigenvalue weighted by atomic mass is 19.4. The summed E-state index contributed by atoms with van der Waals surface area (Å²) in [5.74, 6) is -2.73. The molecule has 0 bridgehead atoms. The van der Waals surface area contributed by atoms with E-state index in [0.29, 0.717) is 31.7 Å². The predicted octanol–water partition coefficient (Wildman–Crippen LogP) is 3.84. The van der Waals surface area contributed by atoms with Crippen molar-refractivity contribution in [2.75, 3.05) is 13.1 Å². The number of nitrogens with two attached hydrogens (primary N) is 1. The summed E-state index contributed by atoms with van der Waals surface area (Å²) in [6.07, 6.45) is -0.982. The number of ether oxygens (including phenoxy) is 2. The first-order chi connectivity index (χ1) is 17.5. The van der Waals surface area contributed by atoms with Crippen LogP contribution in [0.3, 0.4) is 0 Å². The molecule has 1 saturated heterocycles. The van der Waals surface area contributed by atoms with Crippen LogP contribution in [0.4, 0.5) is 17.6 Å². The van der Waals surface area contributed by atoms with Gasteiger partial charge in [0.2, 0.25) is 5.91 Å². The lowest BCUT2D eigenvalue weighted by atomic mass is 10.0. The van der Waals surface area contributed by atoms with Crippen molar-refractivity contribution >= 4 is 11.8 Å². The Balaban J connectivity index is 1.34. The molecule has 196 valence electrons. The molecule has 12 heteroatoms. The standard InChI is InChI=1S/C25H24F4N4O4/c1-32-14-17(13-31-32)16-3-5-21(19(12-16)24(30)35)36-18-6-8-33(9-7-18)23(34)11-15-2-4-22(20(26)10-15)37-25(27,28)29/h2-5,10,12-14,18H,6-9,11H2,1H3,(H2,30,35). The molecule has 0 atom stereocenters. The van der Waals surface area contributed by atoms with Gasteiger partial charge < -0.3 is 20.1 Å². The maximum atomic E-state index is 13.9. The minimum Gasteiger partial charge on any atom is -0.489 e. The number of carbonyl (C=O) groups is 2. The van der Waals surface area contributed by atoms with Gasteiger partial charge in [0.1, 0.15) is 11.9 Å². The maximum Gasteiger partial charge on any atom is 0.573 e. The Kier molecular flexibility index (Phi) is 7.37. The molecule has 0 saturated carbocycles. The highest BCUT2D eigenvalue weighted by molar-refractivity contribution is 5.97. The van der Waals surface area contributed by atoms with Gasteiger partial charge in [-0.1, -0.05) is 12.1 Å². The highest BCUT2D eigenvalue weighted by Gasteiger charge is 2.32. The van der Waals surface area contributed by atoms with Crippen LogP contribution in [0.5, 0.6) is 11.5 Å². The fourth-order valence-electron chi connectivity index (χ4n) is 4.13. The molecule has 2 N–H and O–H groups in total. The van der Waals surface area contributed by atoms with Gasteiger partial charge in [-0.25, -0.2) is 4.39 Å². The predicted molar refractivity (Wildman–Crippen MR) is 124 cm³/mol. The van der Waals surface area contributed by atoms with Gasteiger partial charge >= 0.3 is 6.36 Å². The summed E-state index contributed by atoms with van der Waals surface area (Å²) in [5.41, 5.74) is 7.63. The lowest BCUT2D eigenvalue weighted by molar-refractivity contribution is -0.275. The molecule has 1 aliphatic rings. The number of likely N-dealkylation sites (tertiary alicyclic amines) is 1. The van der Waals surface area contributed by atoms with Crippen LogP contribution >= 0.6 is 0 Å². The van der Waals surface area contributed by atoms with Crippen LogP contribution in [-0.4, -0.2) is 52.1 Å². The number of aromatic nitrogens is 2. The summed E-state index contributed by atoms with van der Waals surface area (Å²) in [5, 5.41) is 4.12. The molecule has 0 aliphatic carbocycles. The Labute approximate surface area is 209 Å². The number of carbonyl (C=O) groups excluding carboxylic acids is 2. The number of amides is 2. The Bertz CT molecular complexity index is 1300. The largest absolute Gasteiger partial charge is 0.573 e. The van der Waals surface area contributed by atoms with E-state index in [1.807, 2.05) is 12.3 Å². The molecule has 1 aromatic heterocycles. The van der Waals surface area contributed by atoms with Crippen LogP contribution in [0.2, 0.25) is 0 Å². The van der Waals surface area contributed by atoms with Crippen molar-refractivity contribution in [3.63, 3.8) is 0 Å². The minimum atomic E-state index is -5.01. The number of nitrogens with zero attached hydrogens (tertiary/aromatic N) is 3. The maximum absolute atomic E-state index is 13.9. The van der Waals surface area contributed by atoms with Gasteiger partial charge in [-0.15, -0.1) is 13.2 Å². The molecule has 2 aromatic carbocycles. The van der Waals surface area contributed by atoms with Gasteiger partial charge in [0.25, 0.3) is 5.91 Å². The third kappa shape index (κ3) is 6.57. The fourth-order valence-corrected chi connectivity index (χ4v) is 4.13. The second kappa shape index (κ2) is 10.5. The second-order valence-corrected chi connectivity index (χ2v) is 8.67. The number of aryl methyl sites for hydroxylation is 1. The van der Waals surface area contributed by atoms with E-state index in [-0.39, 0.29) is 29.6 Å². The number of halogens is 4. The molecule has 0 unspecified atom stereocenters. The van der Waals surface area contributed by atoms with E-state index in [0.717, 1.165) is 23.3 Å². The number of primary amides is 1. The molecule has 1 fully saturated rings. The lowest BCUT2D eigenvalue weighted by Gasteiger charge is -2.32.